The lowest BCUT2D eigenvalue weighted by atomic mass is 10.0. The molecule has 0 bridgehead atoms. The molecule has 144 valence electrons. The summed E-state index contributed by atoms with van der Waals surface area (Å²) in [6.45, 7) is 4.14. The number of carbonyl (C=O) groups is 3. The van der Waals surface area contributed by atoms with Crippen molar-refractivity contribution < 1.29 is 14.4 Å². The fourth-order valence-corrected chi connectivity index (χ4v) is 4.40. The third kappa shape index (κ3) is 3.70. The first kappa shape index (κ1) is 19.1. The molecule has 6 heteroatoms. The Morgan fingerprint density at radius 1 is 1.31 bits per heavy atom. The molecule has 1 aliphatic carbocycles. The number of allylic oxidation sites excluding steroid dienone is 1. The smallest absolute Gasteiger partial charge is 0.243 e. The fourth-order valence-electron chi connectivity index (χ4n) is 4.40. The number of rotatable bonds is 1. The Morgan fingerprint density at radius 2 is 2.08 bits per heavy atom. The van der Waals surface area contributed by atoms with Crippen molar-refractivity contribution in [2.24, 2.45) is 17.6 Å². The molecule has 2 amide bonds. The topological polar surface area (TPSA) is 92.5 Å². The largest absolute Gasteiger partial charge is 0.341 e. The van der Waals surface area contributed by atoms with E-state index < -0.39 is 17.6 Å². The van der Waals surface area contributed by atoms with Crippen LogP contribution in [0.5, 0.6) is 0 Å². The Balaban J connectivity index is 1.83. The highest BCUT2D eigenvalue weighted by Gasteiger charge is 2.58. The molecular formula is C20H31N3O3. The maximum Gasteiger partial charge on any atom is 0.243 e. The van der Waals surface area contributed by atoms with Gasteiger partial charge in [0, 0.05) is 12.5 Å². The van der Waals surface area contributed by atoms with Crippen molar-refractivity contribution in [3.63, 3.8) is 0 Å². The van der Waals surface area contributed by atoms with Gasteiger partial charge in [0.1, 0.15) is 11.6 Å². The summed E-state index contributed by atoms with van der Waals surface area (Å²) >= 11 is 0. The summed E-state index contributed by atoms with van der Waals surface area (Å²) in [5, 5.41) is 2.99. The van der Waals surface area contributed by atoms with Crippen molar-refractivity contribution in [1.82, 2.24) is 10.2 Å². The molecule has 3 rings (SSSR count). The third-order valence-electron chi connectivity index (χ3n) is 6.16. The molecule has 0 unspecified atom stereocenters. The molecule has 1 saturated heterocycles. The molecule has 0 aromatic carbocycles. The number of nitrogens with one attached hydrogen (secondary N) is 1. The number of hydrogen-bond donors (Lipinski definition) is 2. The maximum atomic E-state index is 13.0. The van der Waals surface area contributed by atoms with Gasteiger partial charge in [0.05, 0.1) is 6.04 Å². The van der Waals surface area contributed by atoms with Crippen molar-refractivity contribution in [3.05, 3.63) is 12.2 Å². The van der Waals surface area contributed by atoms with E-state index in [1.54, 1.807) is 11.8 Å². The lowest BCUT2D eigenvalue weighted by molar-refractivity contribution is -0.140. The van der Waals surface area contributed by atoms with Crippen LogP contribution in [0.4, 0.5) is 0 Å². The highest BCUT2D eigenvalue weighted by Crippen LogP contribution is 2.46. The van der Waals surface area contributed by atoms with Crippen LogP contribution in [0.2, 0.25) is 0 Å². The molecule has 0 aromatic rings. The van der Waals surface area contributed by atoms with Crippen molar-refractivity contribution in [1.29, 1.82) is 0 Å². The Kier molecular flexibility index (Phi) is 5.51. The molecule has 2 aliphatic heterocycles. The average molecular weight is 361 g/mol. The normalized spacial score (nSPS) is 39.9. The summed E-state index contributed by atoms with van der Waals surface area (Å²) in [7, 11) is 0. The molecule has 2 heterocycles. The fraction of sp³-hybridized carbons (Fsp3) is 0.750. The van der Waals surface area contributed by atoms with Crippen LogP contribution in [0.15, 0.2) is 12.2 Å². The van der Waals surface area contributed by atoms with Gasteiger partial charge in [-0.25, -0.2) is 0 Å². The number of fused-ring (bicyclic) bond motifs is 2. The Hall–Kier alpha value is -1.69. The number of carbonyl (C=O) groups excluding carboxylic acids is 3. The molecular weight excluding hydrogens is 330 g/mol. The van der Waals surface area contributed by atoms with Gasteiger partial charge in [-0.05, 0) is 44.9 Å². The maximum absolute atomic E-state index is 13.0. The van der Waals surface area contributed by atoms with E-state index in [2.05, 4.69) is 17.5 Å². The van der Waals surface area contributed by atoms with Crippen LogP contribution in [0, 0.1) is 11.8 Å². The first-order valence-electron chi connectivity index (χ1n) is 9.91. The van der Waals surface area contributed by atoms with Crippen molar-refractivity contribution in [2.45, 2.75) is 76.4 Å². The number of hydrogen-bond acceptors (Lipinski definition) is 4. The van der Waals surface area contributed by atoms with E-state index in [9.17, 15) is 14.4 Å². The Labute approximate surface area is 155 Å². The second-order valence-electron chi connectivity index (χ2n) is 8.35. The van der Waals surface area contributed by atoms with E-state index in [0.717, 1.165) is 25.7 Å². The quantitative estimate of drug-likeness (QED) is 0.693. The van der Waals surface area contributed by atoms with Gasteiger partial charge in [0.25, 0.3) is 0 Å². The van der Waals surface area contributed by atoms with E-state index in [0.29, 0.717) is 25.8 Å². The summed E-state index contributed by atoms with van der Waals surface area (Å²) in [5.74, 6) is -0.0312. The van der Waals surface area contributed by atoms with Crippen molar-refractivity contribution in [3.8, 4) is 0 Å². The zero-order valence-corrected chi connectivity index (χ0v) is 15.9. The van der Waals surface area contributed by atoms with Gasteiger partial charge in [-0.2, -0.15) is 0 Å². The lowest BCUT2D eigenvalue weighted by Crippen LogP contribution is -2.55. The standard InChI is InChI=1S/C20H31N3O3/c1-13-10-17-18(25)22-20(14(2)24)11-15(20)8-6-4-3-5-7-9-16(21)19(26)23(17)12-13/h6,8,13,15-17H,3-5,7,9-12,21H2,1-2H3,(H,22,25)/b8-6-/t13-,15-,16+,17+,20+/m1/s1. The highest BCUT2D eigenvalue weighted by atomic mass is 16.2. The second kappa shape index (κ2) is 7.51. The summed E-state index contributed by atoms with van der Waals surface area (Å²) in [4.78, 5) is 39.6. The zero-order valence-electron chi connectivity index (χ0n) is 15.9. The monoisotopic (exact) mass is 361 g/mol. The zero-order chi connectivity index (χ0) is 18.9. The van der Waals surface area contributed by atoms with Crippen LogP contribution in [0.3, 0.4) is 0 Å². The van der Waals surface area contributed by atoms with E-state index in [1.165, 1.54) is 0 Å². The SMILES string of the molecule is CC(=O)[C@@]12C[C@H]1/C=C\CCCCC[C@H](N)C(=O)N1C[C@H](C)C[C@H]1C(=O)N2. The lowest BCUT2D eigenvalue weighted by Gasteiger charge is -2.28. The number of nitrogens with zero attached hydrogens (tertiary/aromatic N) is 1. The minimum absolute atomic E-state index is 0.00885. The van der Waals surface area contributed by atoms with Crippen LogP contribution in [-0.4, -0.2) is 46.7 Å². The molecule has 2 fully saturated rings. The summed E-state index contributed by atoms with van der Waals surface area (Å²) in [5.41, 5.74) is 5.34. The number of ketones is 1. The minimum Gasteiger partial charge on any atom is -0.341 e. The first-order valence-corrected chi connectivity index (χ1v) is 9.91. The molecule has 5 atom stereocenters. The number of Topliss-reactive ketones (excluding diaryl/α,β-unsaturated/α-hetero) is 1. The summed E-state index contributed by atoms with van der Waals surface area (Å²) < 4.78 is 0. The summed E-state index contributed by atoms with van der Waals surface area (Å²) in [6, 6.07) is -1.07. The van der Waals surface area contributed by atoms with Crippen molar-refractivity contribution in [2.75, 3.05) is 6.54 Å². The van der Waals surface area contributed by atoms with Crippen LogP contribution in [0.25, 0.3) is 0 Å². The summed E-state index contributed by atoms with van der Waals surface area (Å²) in [6.07, 6.45) is 10.1. The van der Waals surface area contributed by atoms with Gasteiger partial charge in [-0.15, -0.1) is 0 Å². The first-order chi connectivity index (χ1) is 12.3. The van der Waals surface area contributed by atoms with Gasteiger partial charge in [0.15, 0.2) is 5.78 Å². The van der Waals surface area contributed by atoms with Crippen LogP contribution in [0.1, 0.15) is 58.8 Å². The Morgan fingerprint density at radius 3 is 2.81 bits per heavy atom. The molecule has 3 aliphatic rings. The van der Waals surface area contributed by atoms with Gasteiger partial charge >= 0.3 is 0 Å². The van der Waals surface area contributed by atoms with Gasteiger partial charge in [-0.1, -0.05) is 31.9 Å². The minimum atomic E-state index is -0.781. The van der Waals surface area contributed by atoms with E-state index in [4.69, 9.17) is 5.73 Å². The molecule has 6 nitrogen and oxygen atoms in total. The number of amides is 2. The molecule has 0 spiro atoms. The number of nitrogens with two attached hydrogens (primary N) is 1. The van der Waals surface area contributed by atoms with E-state index >= 15 is 0 Å². The van der Waals surface area contributed by atoms with Crippen LogP contribution in [-0.2, 0) is 14.4 Å². The average Bonchev–Trinajstić information content (AvgIpc) is 3.14. The molecule has 1 saturated carbocycles. The highest BCUT2D eigenvalue weighted by molar-refractivity contribution is 5.98. The predicted molar refractivity (Wildman–Crippen MR) is 99.1 cm³/mol. The molecule has 0 aromatic heterocycles. The van der Waals surface area contributed by atoms with Gasteiger partial charge in [0.2, 0.25) is 11.8 Å². The van der Waals surface area contributed by atoms with E-state index in [1.807, 2.05) is 6.92 Å². The second-order valence-corrected chi connectivity index (χ2v) is 8.35. The van der Waals surface area contributed by atoms with Crippen molar-refractivity contribution >= 4 is 17.6 Å². The molecule has 0 radical (unpaired) electrons. The van der Waals surface area contributed by atoms with Crippen LogP contribution < -0.4 is 11.1 Å². The molecule has 3 N–H and O–H groups in total. The van der Waals surface area contributed by atoms with E-state index in [-0.39, 0.29) is 29.4 Å². The third-order valence-corrected chi connectivity index (χ3v) is 6.16. The van der Waals surface area contributed by atoms with Crippen LogP contribution >= 0.6 is 0 Å². The Bertz CT molecular complexity index is 617. The predicted octanol–water partition coefficient (Wildman–Crippen LogP) is 1.53. The van der Waals surface area contributed by atoms with Gasteiger partial charge < -0.3 is 16.0 Å². The van der Waals surface area contributed by atoms with Gasteiger partial charge in [-0.3, -0.25) is 14.4 Å². The molecule has 26 heavy (non-hydrogen) atoms.